The quantitative estimate of drug-likeness (QED) is 0.0598. The first kappa shape index (κ1) is 36.7. The molecule has 2 atom stereocenters. The smallest absolute Gasteiger partial charge is 0.462 e. The largest absolute Gasteiger partial charge is 0.472 e. The van der Waals surface area contributed by atoms with Crippen molar-refractivity contribution < 1.29 is 37.6 Å². The Morgan fingerprint density at radius 3 is 1.90 bits per heavy atom. The summed E-state index contributed by atoms with van der Waals surface area (Å²) in [5.74, 6) is -1.02. The highest BCUT2D eigenvalue weighted by Crippen LogP contribution is 2.43. The highest BCUT2D eigenvalue weighted by Gasteiger charge is 2.25. The summed E-state index contributed by atoms with van der Waals surface area (Å²) in [4.78, 5) is 33.8. The molecule has 0 spiro atoms. The Labute approximate surface area is 234 Å². The van der Waals surface area contributed by atoms with E-state index in [-0.39, 0.29) is 32.6 Å². The minimum Gasteiger partial charge on any atom is -0.462 e. The van der Waals surface area contributed by atoms with Gasteiger partial charge in [-0.2, -0.15) is 0 Å². The maximum atomic E-state index is 12.3. The maximum Gasteiger partial charge on any atom is 0.472 e. The van der Waals surface area contributed by atoms with E-state index in [1.54, 1.807) is 6.08 Å². The van der Waals surface area contributed by atoms with Crippen LogP contribution in [0.2, 0.25) is 0 Å². The molecule has 0 aromatic rings. The van der Waals surface area contributed by atoms with Crippen molar-refractivity contribution in [1.82, 2.24) is 0 Å². The van der Waals surface area contributed by atoms with Crippen molar-refractivity contribution in [1.29, 1.82) is 0 Å². The van der Waals surface area contributed by atoms with Crippen molar-refractivity contribution in [3.05, 3.63) is 60.8 Å². The molecule has 0 radical (unpaired) electrons. The maximum absolute atomic E-state index is 12.3. The van der Waals surface area contributed by atoms with Crippen LogP contribution in [0.4, 0.5) is 0 Å². The van der Waals surface area contributed by atoms with Gasteiger partial charge >= 0.3 is 19.8 Å². The molecule has 0 heterocycles. The Kier molecular flexibility index (Phi) is 24.4. The highest BCUT2D eigenvalue weighted by molar-refractivity contribution is 7.47. The zero-order valence-electron chi connectivity index (χ0n) is 23.6. The molecular weight excluding hydrogens is 521 g/mol. The molecular formula is C29H48NO8P. The van der Waals surface area contributed by atoms with Crippen LogP contribution in [0.3, 0.4) is 0 Å². The third-order valence-corrected chi connectivity index (χ3v) is 5.94. The van der Waals surface area contributed by atoms with E-state index in [9.17, 15) is 19.0 Å². The van der Waals surface area contributed by atoms with E-state index in [0.717, 1.165) is 38.5 Å². The molecule has 0 bridgehead atoms. The van der Waals surface area contributed by atoms with Crippen LogP contribution < -0.4 is 5.73 Å². The minimum atomic E-state index is -4.37. The van der Waals surface area contributed by atoms with Crippen molar-refractivity contribution in [3.63, 3.8) is 0 Å². The number of ether oxygens (including phenoxy) is 2. The topological polar surface area (TPSA) is 134 Å². The van der Waals surface area contributed by atoms with E-state index < -0.39 is 32.5 Å². The van der Waals surface area contributed by atoms with Gasteiger partial charge in [-0.1, -0.05) is 87.4 Å². The molecule has 0 saturated carbocycles. The molecule has 0 rings (SSSR count). The number of esters is 2. The van der Waals surface area contributed by atoms with E-state index >= 15 is 0 Å². The fraction of sp³-hybridized carbons (Fsp3) is 0.586. The van der Waals surface area contributed by atoms with Crippen molar-refractivity contribution in [2.45, 2.75) is 84.2 Å². The van der Waals surface area contributed by atoms with Crippen LogP contribution in [0.1, 0.15) is 78.1 Å². The van der Waals surface area contributed by atoms with Gasteiger partial charge in [0, 0.05) is 13.0 Å². The molecule has 0 aromatic heterocycles. The molecule has 10 heteroatoms. The molecule has 0 amide bonds. The van der Waals surface area contributed by atoms with Crippen molar-refractivity contribution in [2.24, 2.45) is 5.73 Å². The van der Waals surface area contributed by atoms with Crippen molar-refractivity contribution in [2.75, 3.05) is 26.4 Å². The molecule has 3 N–H and O–H groups in total. The summed E-state index contributed by atoms with van der Waals surface area (Å²) in [5, 5.41) is 0. The zero-order chi connectivity index (χ0) is 29.0. The predicted molar refractivity (Wildman–Crippen MR) is 155 cm³/mol. The van der Waals surface area contributed by atoms with Gasteiger partial charge in [-0.05, 0) is 38.5 Å². The Hall–Kier alpha value is -2.29. The average Bonchev–Trinajstić information content (AvgIpc) is 2.91. The first-order chi connectivity index (χ1) is 18.8. The molecule has 9 nitrogen and oxygen atoms in total. The third kappa shape index (κ3) is 25.7. The van der Waals surface area contributed by atoms with E-state index in [1.807, 2.05) is 19.1 Å². The van der Waals surface area contributed by atoms with Crippen LogP contribution in [0, 0.1) is 0 Å². The Balaban J connectivity index is 4.46. The SMILES string of the molecule is CC/C=C\C/C=C\C/C=C\C/C=C\C/C=C\CC(=O)OC(COC(=O)CCCCC)COP(=O)(O)OCCN. The Morgan fingerprint density at radius 2 is 1.36 bits per heavy atom. The van der Waals surface area contributed by atoms with Gasteiger partial charge in [-0.3, -0.25) is 18.6 Å². The Bertz CT molecular complexity index is 835. The molecule has 0 fully saturated rings. The fourth-order valence-corrected chi connectivity index (χ4v) is 3.71. The van der Waals surface area contributed by atoms with Gasteiger partial charge in [0.25, 0.3) is 0 Å². The summed E-state index contributed by atoms with van der Waals surface area (Å²) in [7, 11) is -4.37. The average molecular weight is 570 g/mol. The van der Waals surface area contributed by atoms with Crippen LogP contribution in [-0.2, 0) is 32.7 Å². The van der Waals surface area contributed by atoms with E-state index in [4.69, 9.17) is 19.7 Å². The lowest BCUT2D eigenvalue weighted by Gasteiger charge is -2.19. The van der Waals surface area contributed by atoms with Gasteiger partial charge in [-0.15, -0.1) is 0 Å². The van der Waals surface area contributed by atoms with Gasteiger partial charge in [0.15, 0.2) is 6.10 Å². The summed E-state index contributed by atoms with van der Waals surface area (Å²) in [5.41, 5.74) is 5.26. The van der Waals surface area contributed by atoms with Crippen molar-refractivity contribution >= 4 is 19.8 Å². The summed E-state index contributed by atoms with van der Waals surface area (Å²) in [6.07, 6.45) is 26.6. The lowest BCUT2D eigenvalue weighted by atomic mass is 10.2. The van der Waals surface area contributed by atoms with Crippen LogP contribution in [0.25, 0.3) is 0 Å². The molecule has 0 aliphatic carbocycles. The Morgan fingerprint density at radius 1 is 0.795 bits per heavy atom. The number of phosphoric ester groups is 1. The number of nitrogens with two attached hydrogens (primary N) is 1. The van der Waals surface area contributed by atoms with E-state index in [2.05, 4.69) is 54.0 Å². The second kappa shape index (κ2) is 26.0. The lowest BCUT2D eigenvalue weighted by Crippen LogP contribution is -2.29. The number of hydrogen-bond acceptors (Lipinski definition) is 8. The highest BCUT2D eigenvalue weighted by atomic mass is 31.2. The lowest BCUT2D eigenvalue weighted by molar-refractivity contribution is -0.160. The van der Waals surface area contributed by atoms with Crippen LogP contribution in [0.15, 0.2) is 60.8 Å². The van der Waals surface area contributed by atoms with E-state index in [0.29, 0.717) is 12.8 Å². The summed E-state index contributed by atoms with van der Waals surface area (Å²) in [6, 6.07) is 0. The van der Waals surface area contributed by atoms with Crippen LogP contribution in [-0.4, -0.2) is 49.3 Å². The first-order valence-electron chi connectivity index (χ1n) is 13.8. The number of carbonyl (C=O) groups is 2. The molecule has 0 saturated heterocycles. The summed E-state index contributed by atoms with van der Waals surface area (Å²) >= 11 is 0. The number of carbonyl (C=O) groups excluding carboxylic acids is 2. The van der Waals surface area contributed by atoms with E-state index in [1.165, 1.54) is 0 Å². The first-order valence-corrected chi connectivity index (χ1v) is 15.3. The van der Waals surface area contributed by atoms with Gasteiger partial charge in [0.1, 0.15) is 6.61 Å². The molecule has 222 valence electrons. The monoisotopic (exact) mass is 569 g/mol. The summed E-state index contributed by atoms with van der Waals surface area (Å²) in [6.45, 7) is 3.24. The minimum absolute atomic E-state index is 0.00503. The number of unbranched alkanes of at least 4 members (excludes halogenated alkanes) is 2. The van der Waals surface area contributed by atoms with Gasteiger partial charge in [-0.25, -0.2) is 4.57 Å². The number of phosphoric acid groups is 1. The molecule has 2 unspecified atom stereocenters. The normalized spacial score (nSPS) is 14.7. The number of allylic oxidation sites excluding steroid dienone is 9. The fourth-order valence-electron chi connectivity index (χ4n) is 2.94. The number of rotatable bonds is 24. The predicted octanol–water partition coefficient (Wildman–Crippen LogP) is 6.26. The van der Waals surface area contributed by atoms with Crippen molar-refractivity contribution in [3.8, 4) is 0 Å². The molecule has 0 aliphatic rings. The van der Waals surface area contributed by atoms with Gasteiger partial charge < -0.3 is 20.1 Å². The van der Waals surface area contributed by atoms with Crippen LogP contribution >= 0.6 is 7.82 Å². The van der Waals surface area contributed by atoms with Gasteiger partial charge in [0.2, 0.25) is 0 Å². The number of hydrogen-bond donors (Lipinski definition) is 2. The second-order valence-corrected chi connectivity index (χ2v) is 10.0. The standard InChI is InChI=1S/C29H48NO8P/c1-3-5-7-8-9-10-11-12-13-14-15-16-17-18-20-22-29(32)38-27(25-35-28(31)21-19-6-4-2)26-37-39(33,34)36-24-23-30/h5,7,9-10,12-13,15-16,18,20,27H,3-4,6,8,11,14,17,19,21-26,30H2,1-2H3,(H,33,34)/b7-5-,10-9-,13-12-,16-15-,20-18-. The molecule has 39 heavy (non-hydrogen) atoms. The van der Waals surface area contributed by atoms with Gasteiger partial charge in [0.05, 0.1) is 19.6 Å². The summed E-state index contributed by atoms with van der Waals surface area (Å²) < 4.78 is 31.9. The molecule has 0 aliphatic heterocycles. The van der Waals surface area contributed by atoms with Crippen LogP contribution in [0.5, 0.6) is 0 Å². The zero-order valence-corrected chi connectivity index (χ0v) is 24.5. The third-order valence-electron chi connectivity index (χ3n) is 4.95. The second-order valence-electron chi connectivity index (χ2n) is 8.55. The molecule has 0 aromatic carbocycles.